The first-order valence-electron chi connectivity index (χ1n) is 4.29. The van der Waals surface area contributed by atoms with Gasteiger partial charge < -0.3 is 9.47 Å². The van der Waals surface area contributed by atoms with E-state index in [1.165, 1.54) is 7.11 Å². The van der Waals surface area contributed by atoms with Gasteiger partial charge in [0.25, 0.3) is 0 Å². The Balaban J connectivity index is 2.73. The molecule has 3 nitrogen and oxygen atoms in total. The number of ether oxygens (including phenoxy) is 2. The van der Waals surface area contributed by atoms with Crippen LogP contribution in [0, 0.1) is 0 Å². The lowest BCUT2D eigenvalue weighted by atomic mass is 10.1. The smallest absolute Gasteiger partial charge is 0.337 e. The summed E-state index contributed by atoms with van der Waals surface area (Å²) in [5, 5.41) is 0. The van der Waals surface area contributed by atoms with E-state index in [1.54, 1.807) is 24.3 Å². The number of benzene rings is 1. The van der Waals surface area contributed by atoms with Crippen molar-refractivity contribution in [1.29, 1.82) is 0 Å². The molecule has 14 heavy (non-hydrogen) atoms. The van der Waals surface area contributed by atoms with Gasteiger partial charge in [-0.3, -0.25) is 0 Å². The van der Waals surface area contributed by atoms with Crippen molar-refractivity contribution in [3.8, 4) is 5.75 Å². The summed E-state index contributed by atoms with van der Waals surface area (Å²) in [4.78, 5) is 11.1. The van der Waals surface area contributed by atoms with Crippen LogP contribution in [0.25, 0.3) is 0 Å². The van der Waals surface area contributed by atoms with Crippen LogP contribution in [-0.4, -0.2) is 27.5 Å². The van der Waals surface area contributed by atoms with Gasteiger partial charge in [0.15, 0.2) is 0 Å². The first kappa shape index (κ1) is 10.6. The Hall–Kier alpha value is -1.45. The van der Waals surface area contributed by atoms with E-state index in [0.29, 0.717) is 24.2 Å². The molecule has 72 valence electrons. The van der Waals surface area contributed by atoms with E-state index in [2.05, 4.69) is 4.74 Å². The van der Waals surface area contributed by atoms with Crippen molar-refractivity contribution in [2.24, 2.45) is 0 Å². The van der Waals surface area contributed by atoms with Gasteiger partial charge in [-0.1, -0.05) is 12.4 Å². The number of carbonyl (C=O) groups is 1. The Labute approximate surface area is 84.4 Å². The largest absolute Gasteiger partial charge is 0.494 e. The third-order valence-electron chi connectivity index (χ3n) is 1.64. The number of esters is 1. The van der Waals surface area contributed by atoms with Crippen molar-refractivity contribution in [3.63, 3.8) is 0 Å². The van der Waals surface area contributed by atoms with Crippen LogP contribution >= 0.6 is 0 Å². The zero-order chi connectivity index (χ0) is 10.4. The molecule has 0 heterocycles. The average molecular weight is 190 g/mol. The Morgan fingerprint density at radius 1 is 1.50 bits per heavy atom. The molecule has 0 saturated carbocycles. The highest BCUT2D eigenvalue weighted by molar-refractivity contribution is 6.08. The molecule has 1 aromatic carbocycles. The Kier molecular flexibility index (Phi) is 4.04. The molecule has 0 aliphatic heterocycles. The third kappa shape index (κ3) is 2.80. The summed E-state index contributed by atoms with van der Waals surface area (Å²) in [7, 11) is 6.63. The van der Waals surface area contributed by atoms with Crippen molar-refractivity contribution >= 4 is 13.8 Å². The van der Waals surface area contributed by atoms with E-state index < -0.39 is 0 Å². The Bertz CT molecular complexity index is 312. The molecule has 4 heteroatoms. The van der Waals surface area contributed by atoms with E-state index in [1.807, 2.05) is 0 Å². The summed E-state index contributed by atoms with van der Waals surface area (Å²) in [5.74, 6) is 0.251. The first-order chi connectivity index (χ1) is 6.77. The first-order valence-corrected chi connectivity index (χ1v) is 4.29. The number of hydrogen-bond donors (Lipinski definition) is 0. The predicted octanol–water partition coefficient (Wildman–Crippen LogP) is 1.44. The number of carbonyl (C=O) groups excluding carboxylic acids is 1. The minimum atomic E-state index is -0.372. The molecule has 0 atom stereocenters. The molecule has 0 aliphatic carbocycles. The summed E-state index contributed by atoms with van der Waals surface area (Å²) >= 11 is 0. The van der Waals surface area contributed by atoms with Crippen LogP contribution in [0.1, 0.15) is 10.4 Å². The topological polar surface area (TPSA) is 35.5 Å². The zero-order valence-electron chi connectivity index (χ0n) is 8.03. The van der Waals surface area contributed by atoms with Crippen LogP contribution in [0.5, 0.6) is 5.75 Å². The summed E-state index contributed by atoms with van der Waals surface area (Å²) in [5.41, 5.74) is 0.474. The molecule has 0 unspecified atom stereocenters. The molecule has 0 fully saturated rings. The van der Waals surface area contributed by atoms with Crippen LogP contribution in [0.3, 0.4) is 0 Å². The number of methoxy groups -OCH3 is 1. The highest BCUT2D eigenvalue weighted by Gasteiger charge is 2.05. The monoisotopic (exact) mass is 190 g/mol. The number of rotatable bonds is 4. The maximum atomic E-state index is 11.1. The van der Waals surface area contributed by atoms with Gasteiger partial charge in [-0.25, -0.2) is 4.79 Å². The van der Waals surface area contributed by atoms with Gasteiger partial charge in [-0.2, -0.15) is 0 Å². The number of hydrogen-bond acceptors (Lipinski definition) is 3. The van der Waals surface area contributed by atoms with Crippen molar-refractivity contribution < 1.29 is 14.3 Å². The molecule has 1 rings (SSSR count). The second kappa shape index (κ2) is 5.32. The standard InChI is InChI=1S/C10H11BO3/c1-13-10(12)8-3-2-4-9(7-8)14-6-5-11/h2-4,7H,5-6H2,1H3. The van der Waals surface area contributed by atoms with E-state index in [4.69, 9.17) is 12.6 Å². The summed E-state index contributed by atoms with van der Waals surface area (Å²) < 4.78 is 9.83. The van der Waals surface area contributed by atoms with Crippen molar-refractivity contribution in [1.82, 2.24) is 0 Å². The van der Waals surface area contributed by atoms with Gasteiger partial charge in [0, 0.05) is 0 Å². The fraction of sp³-hybridized carbons (Fsp3) is 0.300. The molecule has 0 aromatic heterocycles. The van der Waals surface area contributed by atoms with Gasteiger partial charge in [-0.15, -0.1) is 0 Å². The lowest BCUT2D eigenvalue weighted by Gasteiger charge is -2.05. The predicted molar refractivity (Wildman–Crippen MR) is 53.8 cm³/mol. The Morgan fingerprint density at radius 3 is 2.93 bits per heavy atom. The SMILES string of the molecule is [B]CCOc1cccc(C(=O)OC)c1. The van der Waals surface area contributed by atoms with Crippen molar-refractivity contribution in [3.05, 3.63) is 29.8 Å². The van der Waals surface area contributed by atoms with Gasteiger partial charge in [0.2, 0.25) is 0 Å². The van der Waals surface area contributed by atoms with Gasteiger partial charge in [-0.05, 0) is 18.2 Å². The van der Waals surface area contributed by atoms with Gasteiger partial charge in [0.1, 0.15) is 5.75 Å². The van der Waals surface area contributed by atoms with Crippen LogP contribution in [0.4, 0.5) is 0 Å². The molecule has 1 aromatic rings. The summed E-state index contributed by atoms with van der Waals surface area (Å²) in [6, 6.07) is 6.79. The molecule has 0 N–H and O–H groups in total. The van der Waals surface area contributed by atoms with Crippen molar-refractivity contribution in [2.75, 3.05) is 13.7 Å². The fourth-order valence-electron chi connectivity index (χ4n) is 1.01. The highest BCUT2D eigenvalue weighted by Crippen LogP contribution is 2.13. The van der Waals surface area contributed by atoms with E-state index >= 15 is 0 Å². The van der Waals surface area contributed by atoms with Crippen molar-refractivity contribution in [2.45, 2.75) is 6.32 Å². The maximum Gasteiger partial charge on any atom is 0.337 e. The summed E-state index contributed by atoms with van der Waals surface area (Å²) in [6.07, 6.45) is 0.447. The van der Waals surface area contributed by atoms with Crippen LogP contribution in [0.2, 0.25) is 6.32 Å². The third-order valence-corrected chi connectivity index (χ3v) is 1.64. The second-order valence-electron chi connectivity index (χ2n) is 2.66. The Morgan fingerprint density at radius 2 is 2.29 bits per heavy atom. The molecule has 2 radical (unpaired) electrons. The molecule has 0 saturated heterocycles. The van der Waals surface area contributed by atoms with Crippen LogP contribution < -0.4 is 4.74 Å². The molecule has 0 aliphatic rings. The molecule has 0 spiro atoms. The lowest BCUT2D eigenvalue weighted by molar-refractivity contribution is 0.0600. The lowest BCUT2D eigenvalue weighted by Crippen LogP contribution is -2.02. The normalized spacial score (nSPS) is 9.50. The van der Waals surface area contributed by atoms with Crippen LogP contribution in [0.15, 0.2) is 24.3 Å². The van der Waals surface area contributed by atoms with E-state index in [9.17, 15) is 4.79 Å². The maximum absolute atomic E-state index is 11.1. The molecular formula is C10H11BO3. The highest BCUT2D eigenvalue weighted by atomic mass is 16.5. The van der Waals surface area contributed by atoms with Gasteiger partial charge >= 0.3 is 5.97 Å². The quantitative estimate of drug-likeness (QED) is 0.532. The fourth-order valence-corrected chi connectivity index (χ4v) is 1.01. The average Bonchev–Trinajstić information content (AvgIpc) is 2.25. The molecule has 0 bridgehead atoms. The minimum absolute atomic E-state index is 0.372. The minimum Gasteiger partial charge on any atom is -0.494 e. The second-order valence-corrected chi connectivity index (χ2v) is 2.66. The van der Waals surface area contributed by atoms with Crippen LogP contribution in [-0.2, 0) is 4.74 Å². The van der Waals surface area contributed by atoms with E-state index in [-0.39, 0.29) is 5.97 Å². The zero-order valence-corrected chi connectivity index (χ0v) is 8.03. The summed E-state index contributed by atoms with van der Waals surface area (Å²) in [6.45, 7) is 0.435. The molecule has 0 amide bonds. The molecular weight excluding hydrogens is 179 g/mol. The van der Waals surface area contributed by atoms with E-state index in [0.717, 1.165) is 0 Å². The van der Waals surface area contributed by atoms with Gasteiger partial charge in [0.05, 0.1) is 27.1 Å².